The van der Waals surface area contributed by atoms with E-state index in [2.05, 4.69) is 30.1 Å². The molecule has 20 heavy (non-hydrogen) atoms. The van der Waals surface area contributed by atoms with Crippen LogP contribution >= 0.6 is 11.8 Å². The van der Waals surface area contributed by atoms with E-state index in [1.54, 1.807) is 14.2 Å². The normalized spacial score (nSPS) is 20.4. The predicted molar refractivity (Wildman–Crippen MR) is 86.1 cm³/mol. The van der Waals surface area contributed by atoms with E-state index in [1.165, 1.54) is 25.0 Å². The van der Waals surface area contributed by atoms with Crippen molar-refractivity contribution in [3.8, 4) is 11.5 Å². The van der Waals surface area contributed by atoms with Gasteiger partial charge in [-0.1, -0.05) is 6.42 Å². The molecule has 0 amide bonds. The van der Waals surface area contributed by atoms with Crippen molar-refractivity contribution in [3.63, 3.8) is 0 Å². The summed E-state index contributed by atoms with van der Waals surface area (Å²) in [7, 11) is 3.41. The summed E-state index contributed by atoms with van der Waals surface area (Å²) >= 11 is 2.10. The molecule has 0 radical (unpaired) electrons. The zero-order valence-corrected chi connectivity index (χ0v) is 13.5. The Hall–Kier alpha value is -0.870. The van der Waals surface area contributed by atoms with Crippen LogP contribution in [0.3, 0.4) is 0 Å². The molecule has 1 aliphatic heterocycles. The van der Waals surface area contributed by atoms with Gasteiger partial charge in [0.2, 0.25) is 0 Å². The van der Waals surface area contributed by atoms with E-state index >= 15 is 0 Å². The molecule has 1 aromatic carbocycles. The lowest BCUT2D eigenvalue weighted by molar-refractivity contribution is 0.391. The van der Waals surface area contributed by atoms with Gasteiger partial charge in [0.15, 0.2) is 0 Å². The maximum atomic E-state index is 5.46. The Kier molecular flexibility index (Phi) is 6.05. The van der Waals surface area contributed by atoms with E-state index in [0.717, 1.165) is 28.9 Å². The quantitative estimate of drug-likeness (QED) is 0.868. The molecular weight excluding hydrogens is 270 g/mol. The minimum Gasteiger partial charge on any atom is -0.497 e. The standard InChI is InChI=1S/C16H25NO2S/c1-12(17-11-14-6-4-5-9-20-14)15-10-13(18-2)7-8-16(15)19-3/h7-8,10,12,14,17H,4-6,9,11H2,1-3H3. The summed E-state index contributed by atoms with van der Waals surface area (Å²) in [5.41, 5.74) is 1.16. The van der Waals surface area contributed by atoms with Crippen LogP contribution in [-0.4, -0.2) is 31.8 Å². The molecule has 0 aromatic heterocycles. The number of rotatable bonds is 6. The molecule has 1 saturated heterocycles. The summed E-state index contributed by atoms with van der Waals surface area (Å²) in [5.74, 6) is 3.10. The molecule has 1 N–H and O–H groups in total. The zero-order valence-electron chi connectivity index (χ0n) is 12.6. The van der Waals surface area contributed by atoms with E-state index in [0.29, 0.717) is 0 Å². The van der Waals surface area contributed by atoms with Gasteiger partial charge in [-0.3, -0.25) is 0 Å². The first-order chi connectivity index (χ1) is 9.74. The molecule has 0 aliphatic carbocycles. The van der Waals surface area contributed by atoms with Crippen molar-refractivity contribution < 1.29 is 9.47 Å². The lowest BCUT2D eigenvalue weighted by Gasteiger charge is -2.24. The van der Waals surface area contributed by atoms with Crippen LogP contribution < -0.4 is 14.8 Å². The van der Waals surface area contributed by atoms with E-state index < -0.39 is 0 Å². The highest BCUT2D eigenvalue weighted by Gasteiger charge is 2.17. The smallest absolute Gasteiger partial charge is 0.123 e. The third-order valence-electron chi connectivity index (χ3n) is 3.83. The first-order valence-electron chi connectivity index (χ1n) is 7.31. The molecule has 2 atom stereocenters. The Morgan fingerprint density at radius 2 is 2.15 bits per heavy atom. The van der Waals surface area contributed by atoms with Gasteiger partial charge in [-0.2, -0.15) is 11.8 Å². The summed E-state index contributed by atoms with van der Waals surface area (Å²) < 4.78 is 10.8. The van der Waals surface area contributed by atoms with Crippen molar-refractivity contribution in [1.82, 2.24) is 5.32 Å². The van der Waals surface area contributed by atoms with Crippen LogP contribution in [0.1, 0.15) is 37.8 Å². The molecule has 2 unspecified atom stereocenters. The first kappa shape index (κ1) is 15.5. The van der Waals surface area contributed by atoms with E-state index in [1.807, 2.05) is 12.1 Å². The molecule has 0 spiro atoms. The van der Waals surface area contributed by atoms with Crippen LogP contribution in [0, 0.1) is 0 Å². The molecule has 112 valence electrons. The van der Waals surface area contributed by atoms with Gasteiger partial charge in [0.05, 0.1) is 14.2 Å². The number of nitrogens with one attached hydrogen (secondary N) is 1. The molecule has 0 saturated carbocycles. The zero-order chi connectivity index (χ0) is 14.4. The van der Waals surface area contributed by atoms with Crippen molar-refractivity contribution in [2.75, 3.05) is 26.5 Å². The van der Waals surface area contributed by atoms with Gasteiger partial charge in [0, 0.05) is 23.4 Å². The minimum absolute atomic E-state index is 0.266. The molecule has 4 heteroatoms. The van der Waals surface area contributed by atoms with Gasteiger partial charge in [-0.15, -0.1) is 0 Å². The van der Waals surface area contributed by atoms with Gasteiger partial charge in [0.25, 0.3) is 0 Å². The average Bonchev–Trinajstić information content (AvgIpc) is 2.52. The first-order valence-corrected chi connectivity index (χ1v) is 8.36. The number of benzene rings is 1. The highest BCUT2D eigenvalue weighted by molar-refractivity contribution is 7.99. The van der Waals surface area contributed by atoms with Crippen LogP contribution in [0.25, 0.3) is 0 Å². The fourth-order valence-electron chi connectivity index (χ4n) is 2.56. The Morgan fingerprint density at radius 3 is 2.80 bits per heavy atom. The number of hydrogen-bond acceptors (Lipinski definition) is 4. The third-order valence-corrected chi connectivity index (χ3v) is 5.23. The van der Waals surface area contributed by atoms with Crippen LogP contribution in [0.2, 0.25) is 0 Å². The molecule has 0 bridgehead atoms. The largest absolute Gasteiger partial charge is 0.497 e. The molecule has 1 heterocycles. The van der Waals surface area contributed by atoms with Gasteiger partial charge >= 0.3 is 0 Å². The Balaban J connectivity index is 1.98. The van der Waals surface area contributed by atoms with Gasteiger partial charge < -0.3 is 14.8 Å². The molecule has 1 aliphatic rings. The summed E-state index contributed by atoms with van der Waals surface area (Å²) in [5, 5.41) is 4.39. The third kappa shape index (κ3) is 4.06. The van der Waals surface area contributed by atoms with Crippen LogP contribution in [0.5, 0.6) is 11.5 Å². The topological polar surface area (TPSA) is 30.5 Å². The monoisotopic (exact) mass is 295 g/mol. The fourth-order valence-corrected chi connectivity index (χ4v) is 3.82. The summed E-state index contributed by atoms with van der Waals surface area (Å²) in [6.07, 6.45) is 4.08. The number of hydrogen-bond donors (Lipinski definition) is 1. The molecular formula is C16H25NO2S. The molecule has 3 nitrogen and oxygen atoms in total. The second-order valence-corrected chi connectivity index (χ2v) is 6.63. The van der Waals surface area contributed by atoms with Crippen molar-refractivity contribution in [1.29, 1.82) is 0 Å². The fraction of sp³-hybridized carbons (Fsp3) is 0.625. The number of thioether (sulfide) groups is 1. The predicted octanol–water partition coefficient (Wildman–Crippen LogP) is 3.64. The highest BCUT2D eigenvalue weighted by Crippen LogP contribution is 2.30. The molecule has 2 rings (SSSR count). The lowest BCUT2D eigenvalue weighted by atomic mass is 10.1. The Morgan fingerprint density at radius 1 is 1.30 bits per heavy atom. The van der Waals surface area contributed by atoms with E-state index in [4.69, 9.17) is 9.47 Å². The number of ether oxygens (including phenoxy) is 2. The summed E-state index contributed by atoms with van der Waals surface area (Å²) in [6.45, 7) is 3.25. The SMILES string of the molecule is COc1ccc(OC)c(C(C)NCC2CCCCS2)c1. The van der Waals surface area contributed by atoms with Gasteiger partial charge in [-0.05, 0) is 43.7 Å². The Labute approximate surface area is 126 Å². The van der Waals surface area contributed by atoms with Gasteiger partial charge in [-0.25, -0.2) is 0 Å². The van der Waals surface area contributed by atoms with Crippen LogP contribution in [0.4, 0.5) is 0 Å². The van der Waals surface area contributed by atoms with Crippen molar-refractivity contribution in [3.05, 3.63) is 23.8 Å². The maximum Gasteiger partial charge on any atom is 0.123 e. The minimum atomic E-state index is 0.266. The number of methoxy groups -OCH3 is 2. The average molecular weight is 295 g/mol. The maximum absolute atomic E-state index is 5.46. The van der Waals surface area contributed by atoms with Crippen LogP contribution in [-0.2, 0) is 0 Å². The van der Waals surface area contributed by atoms with E-state index in [-0.39, 0.29) is 6.04 Å². The molecule has 1 fully saturated rings. The lowest BCUT2D eigenvalue weighted by Crippen LogP contribution is -2.29. The van der Waals surface area contributed by atoms with Gasteiger partial charge in [0.1, 0.15) is 11.5 Å². The second-order valence-electron chi connectivity index (χ2n) is 5.23. The summed E-state index contributed by atoms with van der Waals surface area (Å²) in [4.78, 5) is 0. The summed E-state index contributed by atoms with van der Waals surface area (Å²) in [6, 6.07) is 6.24. The molecule has 1 aromatic rings. The van der Waals surface area contributed by atoms with Crippen molar-refractivity contribution in [2.45, 2.75) is 37.5 Å². The van der Waals surface area contributed by atoms with Crippen molar-refractivity contribution >= 4 is 11.8 Å². The van der Waals surface area contributed by atoms with Crippen LogP contribution in [0.15, 0.2) is 18.2 Å². The highest BCUT2D eigenvalue weighted by atomic mass is 32.2. The Bertz CT molecular complexity index is 419. The van der Waals surface area contributed by atoms with E-state index in [9.17, 15) is 0 Å². The van der Waals surface area contributed by atoms with Crippen molar-refractivity contribution in [2.24, 2.45) is 0 Å². The second kappa shape index (κ2) is 7.79.